The van der Waals surface area contributed by atoms with Crippen LogP contribution in [0.1, 0.15) is 31.9 Å². The van der Waals surface area contributed by atoms with Gasteiger partial charge in [-0.05, 0) is 31.5 Å². The van der Waals surface area contributed by atoms with E-state index >= 15 is 0 Å². The third-order valence-electron chi connectivity index (χ3n) is 3.85. The van der Waals surface area contributed by atoms with E-state index in [-0.39, 0.29) is 4.90 Å². The minimum atomic E-state index is -3.72. The van der Waals surface area contributed by atoms with Crippen LogP contribution in [0.5, 0.6) is 0 Å². The van der Waals surface area contributed by atoms with Crippen molar-refractivity contribution in [3.05, 3.63) is 77.9 Å². The number of benzene rings is 2. The van der Waals surface area contributed by atoms with Gasteiger partial charge in [0.25, 0.3) is 10.0 Å². The Morgan fingerprint density at radius 3 is 2.20 bits per heavy atom. The van der Waals surface area contributed by atoms with Crippen molar-refractivity contribution in [1.82, 2.24) is 4.83 Å². The van der Waals surface area contributed by atoms with Crippen LogP contribution in [0, 0.1) is 12.3 Å². The van der Waals surface area contributed by atoms with Crippen molar-refractivity contribution < 1.29 is 8.42 Å². The number of aryl methyl sites for hydroxylation is 1. The molecule has 0 unspecified atom stereocenters. The zero-order valence-corrected chi connectivity index (χ0v) is 15.8. The van der Waals surface area contributed by atoms with Gasteiger partial charge in [-0.15, -0.1) is 0 Å². The maximum atomic E-state index is 12.5. The topological polar surface area (TPSA) is 58.5 Å². The van der Waals surface area contributed by atoms with E-state index in [2.05, 4.69) is 9.93 Å². The van der Waals surface area contributed by atoms with E-state index in [0.717, 1.165) is 11.1 Å². The van der Waals surface area contributed by atoms with Crippen LogP contribution in [0.15, 0.2) is 76.7 Å². The SMILES string of the molecule is C/C=C/C(C)(C)/C(=N/NS(=O)(=O)c1ccc(C)cc1)c1ccccc1. The van der Waals surface area contributed by atoms with Crippen LogP contribution < -0.4 is 4.83 Å². The van der Waals surface area contributed by atoms with E-state index in [1.807, 2.05) is 70.2 Å². The van der Waals surface area contributed by atoms with Gasteiger partial charge in [0.1, 0.15) is 0 Å². The van der Waals surface area contributed by atoms with Crippen LogP contribution in [0.25, 0.3) is 0 Å². The van der Waals surface area contributed by atoms with Gasteiger partial charge in [-0.2, -0.15) is 18.4 Å². The molecule has 25 heavy (non-hydrogen) atoms. The molecule has 0 fully saturated rings. The summed E-state index contributed by atoms with van der Waals surface area (Å²) in [6.07, 6.45) is 3.94. The van der Waals surface area contributed by atoms with E-state index in [1.54, 1.807) is 24.3 Å². The summed E-state index contributed by atoms with van der Waals surface area (Å²) in [5.41, 5.74) is 2.10. The van der Waals surface area contributed by atoms with Gasteiger partial charge in [-0.25, -0.2) is 0 Å². The Hall–Kier alpha value is -2.40. The zero-order chi connectivity index (χ0) is 18.5. The van der Waals surface area contributed by atoms with Crippen LogP contribution in [-0.4, -0.2) is 14.1 Å². The summed E-state index contributed by atoms with van der Waals surface area (Å²) >= 11 is 0. The predicted molar refractivity (Wildman–Crippen MR) is 103 cm³/mol. The highest BCUT2D eigenvalue weighted by molar-refractivity contribution is 7.89. The first-order valence-corrected chi connectivity index (χ1v) is 9.60. The molecule has 0 heterocycles. The summed E-state index contributed by atoms with van der Waals surface area (Å²) < 4.78 is 25.1. The molecule has 2 aromatic rings. The number of hydrazone groups is 1. The molecule has 132 valence electrons. The lowest BCUT2D eigenvalue weighted by Crippen LogP contribution is -2.28. The van der Waals surface area contributed by atoms with E-state index in [1.165, 1.54) is 0 Å². The quantitative estimate of drug-likeness (QED) is 0.477. The third kappa shape index (κ3) is 4.79. The van der Waals surface area contributed by atoms with Crippen LogP contribution >= 0.6 is 0 Å². The van der Waals surface area contributed by atoms with Crippen molar-refractivity contribution >= 4 is 15.7 Å². The van der Waals surface area contributed by atoms with E-state index in [4.69, 9.17) is 0 Å². The highest BCUT2D eigenvalue weighted by atomic mass is 32.2. The molecule has 0 aliphatic carbocycles. The molecule has 0 amide bonds. The monoisotopic (exact) mass is 356 g/mol. The molecular formula is C20H24N2O2S. The fourth-order valence-corrected chi connectivity index (χ4v) is 3.36. The number of nitrogens with zero attached hydrogens (tertiary/aromatic N) is 1. The second-order valence-corrected chi connectivity index (χ2v) is 8.12. The minimum Gasteiger partial charge on any atom is -0.200 e. The van der Waals surface area contributed by atoms with Crippen LogP contribution in [0.2, 0.25) is 0 Å². The molecule has 0 aliphatic rings. The number of sulfonamides is 1. The zero-order valence-electron chi connectivity index (χ0n) is 15.0. The Morgan fingerprint density at radius 2 is 1.64 bits per heavy atom. The standard InChI is InChI=1S/C20H24N2O2S/c1-5-15-20(3,4)19(17-9-7-6-8-10-17)21-22-25(23,24)18-13-11-16(2)12-14-18/h5-15,22H,1-4H3/b15-5+,21-19+. The molecule has 0 aliphatic heterocycles. The van der Waals surface area contributed by atoms with Crippen molar-refractivity contribution in [2.45, 2.75) is 32.6 Å². The Morgan fingerprint density at radius 1 is 1.04 bits per heavy atom. The van der Waals surface area contributed by atoms with Crippen LogP contribution in [-0.2, 0) is 10.0 Å². The Balaban J connectivity index is 2.42. The van der Waals surface area contributed by atoms with Crippen molar-refractivity contribution in [1.29, 1.82) is 0 Å². The summed E-state index contributed by atoms with van der Waals surface area (Å²) in [5, 5.41) is 4.28. The first-order chi connectivity index (χ1) is 11.8. The van der Waals surface area contributed by atoms with Gasteiger partial charge in [-0.1, -0.05) is 74.0 Å². The van der Waals surface area contributed by atoms with E-state index in [9.17, 15) is 8.42 Å². The summed E-state index contributed by atoms with van der Waals surface area (Å²) in [7, 11) is -3.72. The Labute approximate surface area is 150 Å². The second-order valence-electron chi connectivity index (χ2n) is 6.46. The van der Waals surface area contributed by atoms with Gasteiger partial charge < -0.3 is 0 Å². The molecule has 2 rings (SSSR count). The number of rotatable bonds is 6. The minimum absolute atomic E-state index is 0.193. The molecule has 2 aromatic carbocycles. The Bertz CT molecular complexity index is 866. The molecule has 0 saturated carbocycles. The largest absolute Gasteiger partial charge is 0.276 e. The maximum absolute atomic E-state index is 12.5. The second kappa shape index (κ2) is 7.66. The number of allylic oxidation sites excluding steroid dienone is 2. The Kier molecular flexibility index (Phi) is 5.80. The fraction of sp³-hybridized carbons (Fsp3) is 0.250. The highest BCUT2D eigenvalue weighted by Crippen LogP contribution is 2.25. The lowest BCUT2D eigenvalue weighted by Gasteiger charge is -2.23. The molecule has 0 bridgehead atoms. The van der Waals surface area contributed by atoms with Crippen molar-refractivity contribution in [3.8, 4) is 0 Å². The maximum Gasteiger partial charge on any atom is 0.276 e. The number of nitrogens with one attached hydrogen (secondary N) is 1. The lowest BCUT2D eigenvalue weighted by atomic mass is 9.83. The smallest absolute Gasteiger partial charge is 0.200 e. The highest BCUT2D eigenvalue weighted by Gasteiger charge is 2.24. The molecule has 4 nitrogen and oxygen atoms in total. The predicted octanol–water partition coefficient (Wildman–Crippen LogP) is 4.28. The van der Waals surface area contributed by atoms with Gasteiger partial charge >= 0.3 is 0 Å². The van der Waals surface area contributed by atoms with Gasteiger partial charge in [0.15, 0.2) is 0 Å². The molecule has 5 heteroatoms. The third-order valence-corrected chi connectivity index (χ3v) is 5.07. The lowest BCUT2D eigenvalue weighted by molar-refractivity contribution is 0.582. The summed E-state index contributed by atoms with van der Waals surface area (Å²) in [6, 6.07) is 16.3. The average molecular weight is 356 g/mol. The molecule has 0 atom stereocenters. The van der Waals surface area contributed by atoms with Crippen molar-refractivity contribution in [2.75, 3.05) is 0 Å². The average Bonchev–Trinajstić information content (AvgIpc) is 2.56. The summed E-state index contributed by atoms with van der Waals surface area (Å²) in [4.78, 5) is 2.58. The van der Waals surface area contributed by atoms with Gasteiger partial charge in [0.05, 0.1) is 10.6 Å². The normalized spacial score (nSPS) is 13.2. The van der Waals surface area contributed by atoms with E-state index in [0.29, 0.717) is 5.71 Å². The number of hydrogen-bond acceptors (Lipinski definition) is 3. The van der Waals surface area contributed by atoms with E-state index < -0.39 is 15.4 Å². The number of hydrogen-bond donors (Lipinski definition) is 1. The molecule has 1 N–H and O–H groups in total. The van der Waals surface area contributed by atoms with Crippen LogP contribution in [0.3, 0.4) is 0 Å². The molecular weight excluding hydrogens is 332 g/mol. The fourth-order valence-electron chi connectivity index (χ4n) is 2.55. The first kappa shape index (κ1) is 18.9. The first-order valence-electron chi connectivity index (χ1n) is 8.12. The molecule has 0 spiro atoms. The van der Waals surface area contributed by atoms with Crippen molar-refractivity contribution in [2.24, 2.45) is 10.5 Å². The van der Waals surface area contributed by atoms with Crippen LogP contribution in [0.4, 0.5) is 0 Å². The summed E-state index contributed by atoms with van der Waals surface area (Å²) in [6.45, 7) is 7.84. The summed E-state index contributed by atoms with van der Waals surface area (Å²) in [5.74, 6) is 0. The van der Waals surface area contributed by atoms with Crippen molar-refractivity contribution in [3.63, 3.8) is 0 Å². The van der Waals surface area contributed by atoms with Gasteiger partial charge in [-0.3, -0.25) is 0 Å². The van der Waals surface area contributed by atoms with Gasteiger partial charge in [0, 0.05) is 5.41 Å². The molecule has 0 saturated heterocycles. The van der Waals surface area contributed by atoms with Gasteiger partial charge in [0.2, 0.25) is 0 Å². The molecule has 0 radical (unpaired) electrons. The molecule has 0 aromatic heterocycles.